The fourth-order valence-electron chi connectivity index (χ4n) is 2.66. The Morgan fingerprint density at radius 3 is 2.69 bits per heavy atom. The Kier molecular flexibility index (Phi) is 5.06. The van der Waals surface area contributed by atoms with Crippen LogP contribution in [0, 0.1) is 13.8 Å². The van der Waals surface area contributed by atoms with Crippen LogP contribution in [0.25, 0.3) is 0 Å². The SMILES string of the molecule is Cc1ccc(C)c(N2N=C(C(=O)OC(C)C(=O)NC3CC3)CCC2=O)c1. The summed E-state index contributed by atoms with van der Waals surface area (Å²) >= 11 is 0. The highest BCUT2D eigenvalue weighted by Gasteiger charge is 2.31. The molecule has 2 aliphatic rings. The van der Waals surface area contributed by atoms with Crippen molar-refractivity contribution in [3.05, 3.63) is 29.3 Å². The molecule has 1 aromatic rings. The molecule has 26 heavy (non-hydrogen) atoms. The molecule has 1 unspecified atom stereocenters. The molecular formula is C19H23N3O4. The molecule has 1 saturated carbocycles. The Bertz CT molecular complexity index is 783. The molecule has 7 nitrogen and oxygen atoms in total. The second-order valence-electron chi connectivity index (χ2n) is 6.87. The van der Waals surface area contributed by atoms with E-state index in [0.29, 0.717) is 5.69 Å². The van der Waals surface area contributed by atoms with Gasteiger partial charge in [0.05, 0.1) is 5.69 Å². The van der Waals surface area contributed by atoms with Gasteiger partial charge < -0.3 is 10.1 Å². The van der Waals surface area contributed by atoms with E-state index in [1.807, 2.05) is 32.0 Å². The number of ether oxygens (including phenoxy) is 1. The molecule has 1 N–H and O–H groups in total. The number of esters is 1. The summed E-state index contributed by atoms with van der Waals surface area (Å²) in [5.74, 6) is -1.14. The number of rotatable bonds is 5. The van der Waals surface area contributed by atoms with Crippen LogP contribution in [-0.2, 0) is 19.1 Å². The predicted molar refractivity (Wildman–Crippen MR) is 96.8 cm³/mol. The van der Waals surface area contributed by atoms with Crippen LogP contribution in [-0.4, -0.2) is 35.6 Å². The molecular weight excluding hydrogens is 334 g/mol. The van der Waals surface area contributed by atoms with E-state index in [-0.39, 0.29) is 36.4 Å². The van der Waals surface area contributed by atoms with Gasteiger partial charge in [0, 0.05) is 18.9 Å². The summed E-state index contributed by atoms with van der Waals surface area (Å²) in [6.45, 7) is 5.34. The highest BCUT2D eigenvalue weighted by Crippen LogP contribution is 2.25. The first-order chi connectivity index (χ1) is 12.3. The number of nitrogens with zero attached hydrogens (tertiary/aromatic N) is 2. The summed E-state index contributed by atoms with van der Waals surface area (Å²) in [5, 5.41) is 8.27. The van der Waals surface area contributed by atoms with Gasteiger partial charge in [-0.1, -0.05) is 12.1 Å². The van der Waals surface area contributed by atoms with E-state index in [0.717, 1.165) is 24.0 Å². The number of carbonyl (C=O) groups is 3. The zero-order chi connectivity index (χ0) is 18.8. The second-order valence-corrected chi connectivity index (χ2v) is 6.87. The van der Waals surface area contributed by atoms with Crippen molar-refractivity contribution in [2.45, 2.75) is 58.6 Å². The fourth-order valence-corrected chi connectivity index (χ4v) is 2.66. The van der Waals surface area contributed by atoms with Crippen molar-refractivity contribution in [2.24, 2.45) is 5.10 Å². The van der Waals surface area contributed by atoms with Crippen LogP contribution in [0.5, 0.6) is 0 Å². The number of carbonyl (C=O) groups excluding carboxylic acids is 3. The lowest BCUT2D eigenvalue weighted by molar-refractivity contribution is -0.148. The van der Waals surface area contributed by atoms with Crippen LogP contribution in [0.2, 0.25) is 0 Å². The van der Waals surface area contributed by atoms with Crippen molar-refractivity contribution in [2.75, 3.05) is 5.01 Å². The van der Waals surface area contributed by atoms with E-state index < -0.39 is 12.1 Å². The summed E-state index contributed by atoms with van der Waals surface area (Å²) in [6, 6.07) is 5.92. The van der Waals surface area contributed by atoms with Crippen LogP contribution in [0.15, 0.2) is 23.3 Å². The lowest BCUT2D eigenvalue weighted by atomic mass is 10.1. The molecule has 1 atom stereocenters. The fraction of sp³-hybridized carbons (Fsp3) is 0.474. The Morgan fingerprint density at radius 1 is 1.27 bits per heavy atom. The van der Waals surface area contributed by atoms with Crippen molar-refractivity contribution < 1.29 is 19.1 Å². The molecule has 3 rings (SSSR count). The van der Waals surface area contributed by atoms with Crippen molar-refractivity contribution in [3.63, 3.8) is 0 Å². The zero-order valence-electron chi connectivity index (χ0n) is 15.2. The smallest absolute Gasteiger partial charge is 0.355 e. The monoisotopic (exact) mass is 357 g/mol. The molecule has 2 amide bonds. The number of aryl methyl sites for hydroxylation is 2. The Labute approximate surface area is 152 Å². The van der Waals surface area contributed by atoms with Gasteiger partial charge in [-0.2, -0.15) is 10.1 Å². The molecule has 1 fully saturated rings. The summed E-state index contributed by atoms with van der Waals surface area (Å²) in [7, 11) is 0. The topological polar surface area (TPSA) is 88.1 Å². The first kappa shape index (κ1) is 18.1. The Balaban J connectivity index is 1.74. The molecule has 138 valence electrons. The average molecular weight is 357 g/mol. The maximum absolute atomic E-state index is 12.4. The van der Waals surface area contributed by atoms with E-state index >= 15 is 0 Å². The number of benzene rings is 1. The summed E-state index contributed by atoms with van der Waals surface area (Å²) < 4.78 is 5.23. The zero-order valence-corrected chi connectivity index (χ0v) is 15.2. The summed E-state index contributed by atoms with van der Waals surface area (Å²) in [4.78, 5) is 36.6. The van der Waals surface area contributed by atoms with E-state index in [9.17, 15) is 14.4 Å². The van der Waals surface area contributed by atoms with Crippen LogP contribution in [0.4, 0.5) is 5.69 Å². The van der Waals surface area contributed by atoms with Crippen LogP contribution < -0.4 is 10.3 Å². The third-order valence-electron chi connectivity index (χ3n) is 4.44. The molecule has 1 aliphatic heterocycles. The lowest BCUT2D eigenvalue weighted by Crippen LogP contribution is -2.40. The van der Waals surface area contributed by atoms with Gasteiger partial charge in [0.25, 0.3) is 5.91 Å². The van der Waals surface area contributed by atoms with Gasteiger partial charge in [-0.15, -0.1) is 0 Å². The molecule has 1 heterocycles. The maximum Gasteiger partial charge on any atom is 0.355 e. The number of amides is 2. The number of hydrogen-bond acceptors (Lipinski definition) is 5. The largest absolute Gasteiger partial charge is 0.448 e. The quantitative estimate of drug-likeness (QED) is 0.817. The summed E-state index contributed by atoms with van der Waals surface area (Å²) in [5.41, 5.74) is 2.68. The lowest BCUT2D eigenvalue weighted by Gasteiger charge is -2.25. The maximum atomic E-state index is 12.4. The Hall–Kier alpha value is -2.70. The molecule has 0 bridgehead atoms. The summed E-state index contributed by atoms with van der Waals surface area (Å²) in [6.07, 6.45) is 1.41. The molecule has 0 aromatic heterocycles. The molecule has 1 aliphatic carbocycles. The first-order valence-corrected chi connectivity index (χ1v) is 8.84. The van der Waals surface area contributed by atoms with Gasteiger partial charge in [-0.25, -0.2) is 4.79 Å². The molecule has 1 aromatic carbocycles. The van der Waals surface area contributed by atoms with E-state index in [1.54, 1.807) is 0 Å². The van der Waals surface area contributed by atoms with Crippen molar-refractivity contribution >= 4 is 29.2 Å². The van der Waals surface area contributed by atoms with Gasteiger partial charge in [0.15, 0.2) is 6.10 Å². The minimum absolute atomic E-state index is 0.150. The minimum Gasteiger partial charge on any atom is -0.448 e. The van der Waals surface area contributed by atoms with Gasteiger partial charge in [-0.3, -0.25) is 9.59 Å². The van der Waals surface area contributed by atoms with Gasteiger partial charge in [0.2, 0.25) is 5.91 Å². The standard InChI is InChI=1S/C19H23N3O4/c1-11-4-5-12(2)16(10-11)22-17(23)9-8-15(21-22)19(25)26-13(3)18(24)20-14-6-7-14/h4-5,10,13-14H,6-9H2,1-3H3,(H,20,24). The van der Waals surface area contributed by atoms with Crippen molar-refractivity contribution in [1.82, 2.24) is 5.32 Å². The number of anilines is 1. The van der Waals surface area contributed by atoms with Gasteiger partial charge in [0.1, 0.15) is 5.71 Å². The van der Waals surface area contributed by atoms with Crippen molar-refractivity contribution in [1.29, 1.82) is 0 Å². The van der Waals surface area contributed by atoms with Crippen LogP contribution in [0.3, 0.4) is 0 Å². The number of hydrogen-bond donors (Lipinski definition) is 1. The predicted octanol–water partition coefficient (Wildman–Crippen LogP) is 2.00. The third-order valence-corrected chi connectivity index (χ3v) is 4.44. The van der Waals surface area contributed by atoms with Gasteiger partial charge >= 0.3 is 5.97 Å². The number of nitrogens with one attached hydrogen (secondary N) is 1. The second kappa shape index (κ2) is 7.27. The number of hydrazone groups is 1. The molecule has 0 saturated heterocycles. The van der Waals surface area contributed by atoms with Crippen LogP contribution in [0.1, 0.15) is 43.7 Å². The van der Waals surface area contributed by atoms with E-state index in [2.05, 4.69) is 10.4 Å². The van der Waals surface area contributed by atoms with Crippen molar-refractivity contribution in [3.8, 4) is 0 Å². The molecule has 7 heteroatoms. The highest BCUT2D eigenvalue weighted by molar-refractivity contribution is 6.38. The van der Waals surface area contributed by atoms with Gasteiger partial charge in [-0.05, 0) is 50.8 Å². The Morgan fingerprint density at radius 2 is 2.00 bits per heavy atom. The minimum atomic E-state index is -0.891. The average Bonchev–Trinajstić information content (AvgIpc) is 3.41. The molecule has 0 spiro atoms. The molecule has 0 radical (unpaired) electrons. The first-order valence-electron chi connectivity index (χ1n) is 8.84. The van der Waals surface area contributed by atoms with Crippen LogP contribution >= 0.6 is 0 Å². The van der Waals surface area contributed by atoms with E-state index in [1.165, 1.54) is 11.9 Å². The highest BCUT2D eigenvalue weighted by atomic mass is 16.5. The normalized spacial score (nSPS) is 18.2. The van der Waals surface area contributed by atoms with E-state index in [4.69, 9.17) is 4.74 Å². The third kappa shape index (κ3) is 4.09.